The van der Waals surface area contributed by atoms with E-state index in [1.165, 1.54) is 4.90 Å². The number of hydrogen-bond acceptors (Lipinski definition) is 4. The quantitative estimate of drug-likeness (QED) is 0.643. The van der Waals surface area contributed by atoms with Crippen molar-refractivity contribution in [3.05, 3.63) is 0 Å². The summed E-state index contributed by atoms with van der Waals surface area (Å²) in [5.41, 5.74) is 5.75. The number of amides is 2. The fourth-order valence-electron chi connectivity index (χ4n) is 2.74. The smallest absolute Gasteiger partial charge is 0.239 e. The van der Waals surface area contributed by atoms with Gasteiger partial charge in [0.25, 0.3) is 0 Å². The van der Waals surface area contributed by atoms with Crippen LogP contribution in [-0.2, 0) is 14.3 Å². The summed E-state index contributed by atoms with van der Waals surface area (Å²) < 4.78 is 4.86. The Hall–Kier alpha value is -1.14. The van der Waals surface area contributed by atoms with Crippen LogP contribution in [0.1, 0.15) is 25.7 Å². The lowest BCUT2D eigenvalue weighted by molar-refractivity contribution is -0.140. The average Bonchev–Trinajstić information content (AvgIpc) is 2.46. The molecule has 1 aliphatic rings. The minimum absolute atomic E-state index is 0.0227. The van der Waals surface area contributed by atoms with E-state index >= 15 is 0 Å². The summed E-state index contributed by atoms with van der Waals surface area (Å²) in [6.45, 7) is 1.58. The molecular weight excluding hydrogens is 258 g/mol. The van der Waals surface area contributed by atoms with E-state index in [-0.39, 0.29) is 30.2 Å². The molecule has 0 spiro atoms. The summed E-state index contributed by atoms with van der Waals surface area (Å²) in [5.74, 6) is 0.126. The molecule has 1 saturated carbocycles. The van der Waals surface area contributed by atoms with Gasteiger partial charge in [-0.3, -0.25) is 9.59 Å². The van der Waals surface area contributed by atoms with E-state index in [9.17, 15) is 9.59 Å². The van der Waals surface area contributed by atoms with Gasteiger partial charge in [-0.1, -0.05) is 12.8 Å². The van der Waals surface area contributed by atoms with E-state index in [0.717, 1.165) is 25.7 Å². The molecule has 0 saturated heterocycles. The number of nitrogens with two attached hydrogens (primary N) is 1. The summed E-state index contributed by atoms with van der Waals surface area (Å²) in [7, 11) is 3.26. The third kappa shape index (κ3) is 5.09. The lowest BCUT2D eigenvalue weighted by Crippen LogP contribution is -2.45. The van der Waals surface area contributed by atoms with Crippen molar-refractivity contribution in [2.24, 2.45) is 17.6 Å². The number of carbonyl (C=O) groups excluding carboxylic acids is 2. The number of carbonyl (C=O) groups is 2. The molecule has 0 bridgehead atoms. The summed E-state index contributed by atoms with van der Waals surface area (Å²) in [6, 6.07) is 0. The number of nitrogens with zero attached hydrogens (tertiary/aromatic N) is 1. The molecule has 0 aromatic heterocycles. The normalized spacial score (nSPS) is 22.4. The minimum atomic E-state index is -0.155. The first-order chi connectivity index (χ1) is 9.60. The van der Waals surface area contributed by atoms with E-state index in [2.05, 4.69) is 5.32 Å². The Labute approximate surface area is 121 Å². The first kappa shape index (κ1) is 16.9. The number of ether oxygens (including phenoxy) is 1. The molecule has 1 rings (SSSR count). The van der Waals surface area contributed by atoms with E-state index in [1.54, 1.807) is 14.2 Å². The molecule has 2 atom stereocenters. The maximum atomic E-state index is 12.4. The molecule has 116 valence electrons. The largest absolute Gasteiger partial charge is 0.383 e. The zero-order valence-electron chi connectivity index (χ0n) is 12.6. The molecule has 0 aliphatic heterocycles. The molecule has 1 aliphatic carbocycles. The van der Waals surface area contributed by atoms with Crippen molar-refractivity contribution >= 4 is 11.8 Å². The fraction of sp³-hybridized carbons (Fsp3) is 0.857. The second-order valence-electron chi connectivity index (χ2n) is 5.42. The summed E-state index contributed by atoms with van der Waals surface area (Å²) >= 11 is 0. The number of likely N-dealkylation sites (N-methyl/N-ethyl adjacent to an activating group) is 1. The van der Waals surface area contributed by atoms with Gasteiger partial charge in [0.2, 0.25) is 11.8 Å². The van der Waals surface area contributed by atoms with Crippen LogP contribution in [-0.4, -0.2) is 57.1 Å². The topological polar surface area (TPSA) is 84.7 Å². The van der Waals surface area contributed by atoms with Gasteiger partial charge in [-0.2, -0.15) is 0 Å². The maximum Gasteiger partial charge on any atom is 0.239 e. The highest BCUT2D eigenvalue weighted by Gasteiger charge is 2.32. The lowest BCUT2D eigenvalue weighted by atomic mass is 9.78. The number of methoxy groups -OCH3 is 1. The molecule has 1 fully saturated rings. The first-order valence-electron chi connectivity index (χ1n) is 7.30. The predicted molar refractivity (Wildman–Crippen MR) is 77.0 cm³/mol. The lowest BCUT2D eigenvalue weighted by Gasteiger charge is -2.32. The van der Waals surface area contributed by atoms with Crippen LogP contribution in [0.3, 0.4) is 0 Å². The van der Waals surface area contributed by atoms with Crippen LogP contribution in [0, 0.1) is 11.8 Å². The van der Waals surface area contributed by atoms with Gasteiger partial charge < -0.3 is 20.7 Å². The zero-order valence-corrected chi connectivity index (χ0v) is 12.6. The Morgan fingerprint density at radius 3 is 2.70 bits per heavy atom. The van der Waals surface area contributed by atoms with Crippen molar-refractivity contribution < 1.29 is 14.3 Å². The Bertz CT molecular complexity index is 323. The SMILES string of the molecule is COCCNC(=O)CN(C)C(=O)C1CCCCC1CN. The number of rotatable bonds is 7. The Morgan fingerprint density at radius 1 is 1.35 bits per heavy atom. The molecule has 0 aromatic rings. The van der Waals surface area contributed by atoms with Crippen molar-refractivity contribution in [3.8, 4) is 0 Å². The summed E-state index contributed by atoms with van der Waals surface area (Å²) in [5, 5.41) is 2.71. The number of nitrogens with one attached hydrogen (secondary N) is 1. The van der Waals surface area contributed by atoms with Crippen molar-refractivity contribution in [3.63, 3.8) is 0 Å². The van der Waals surface area contributed by atoms with Crippen LogP contribution in [0.15, 0.2) is 0 Å². The van der Waals surface area contributed by atoms with Crippen LogP contribution in [0.4, 0.5) is 0 Å². The molecule has 3 N–H and O–H groups in total. The second kappa shape index (κ2) is 8.92. The Kier molecular flexibility index (Phi) is 7.54. The van der Waals surface area contributed by atoms with Crippen molar-refractivity contribution in [1.29, 1.82) is 0 Å². The van der Waals surface area contributed by atoms with Gasteiger partial charge in [0.1, 0.15) is 0 Å². The van der Waals surface area contributed by atoms with Crippen LogP contribution in [0.5, 0.6) is 0 Å². The molecule has 0 aromatic carbocycles. The van der Waals surface area contributed by atoms with Gasteiger partial charge in [-0.05, 0) is 25.3 Å². The van der Waals surface area contributed by atoms with Crippen molar-refractivity contribution in [2.75, 3.05) is 40.4 Å². The number of hydrogen-bond donors (Lipinski definition) is 2. The van der Waals surface area contributed by atoms with Gasteiger partial charge in [0.15, 0.2) is 0 Å². The highest BCUT2D eigenvalue weighted by atomic mass is 16.5. The summed E-state index contributed by atoms with van der Waals surface area (Å²) in [4.78, 5) is 25.6. The third-order valence-electron chi connectivity index (χ3n) is 3.91. The summed E-state index contributed by atoms with van der Waals surface area (Å²) in [6.07, 6.45) is 4.12. The molecule has 6 nitrogen and oxygen atoms in total. The fourth-order valence-corrected chi connectivity index (χ4v) is 2.74. The van der Waals surface area contributed by atoms with Crippen LogP contribution < -0.4 is 11.1 Å². The molecule has 0 heterocycles. The predicted octanol–water partition coefficient (Wildman–Crippen LogP) is -0.0275. The van der Waals surface area contributed by atoms with Gasteiger partial charge >= 0.3 is 0 Å². The highest BCUT2D eigenvalue weighted by Crippen LogP contribution is 2.30. The van der Waals surface area contributed by atoms with Gasteiger partial charge in [0, 0.05) is 26.6 Å². The molecule has 0 radical (unpaired) electrons. The van der Waals surface area contributed by atoms with Crippen molar-refractivity contribution in [2.45, 2.75) is 25.7 Å². The average molecular weight is 285 g/mol. The third-order valence-corrected chi connectivity index (χ3v) is 3.91. The zero-order chi connectivity index (χ0) is 15.0. The van der Waals surface area contributed by atoms with E-state index in [1.807, 2.05) is 0 Å². The van der Waals surface area contributed by atoms with Crippen LogP contribution >= 0.6 is 0 Å². The van der Waals surface area contributed by atoms with Crippen LogP contribution in [0.25, 0.3) is 0 Å². The monoisotopic (exact) mass is 285 g/mol. The van der Waals surface area contributed by atoms with Gasteiger partial charge in [-0.15, -0.1) is 0 Å². The van der Waals surface area contributed by atoms with E-state index in [0.29, 0.717) is 19.7 Å². The Balaban J connectivity index is 2.42. The Morgan fingerprint density at radius 2 is 2.05 bits per heavy atom. The second-order valence-corrected chi connectivity index (χ2v) is 5.42. The molecule has 20 heavy (non-hydrogen) atoms. The van der Waals surface area contributed by atoms with Crippen molar-refractivity contribution in [1.82, 2.24) is 10.2 Å². The first-order valence-corrected chi connectivity index (χ1v) is 7.30. The van der Waals surface area contributed by atoms with E-state index < -0.39 is 0 Å². The molecular formula is C14H27N3O3. The highest BCUT2D eigenvalue weighted by molar-refractivity contribution is 5.85. The molecule has 2 amide bonds. The van der Waals surface area contributed by atoms with Gasteiger partial charge in [-0.25, -0.2) is 0 Å². The molecule has 2 unspecified atom stereocenters. The standard InChI is InChI=1S/C14H27N3O3/c1-17(10-13(18)16-7-8-20-2)14(19)12-6-4-3-5-11(12)9-15/h11-12H,3-10,15H2,1-2H3,(H,16,18). The minimum Gasteiger partial charge on any atom is -0.383 e. The van der Waals surface area contributed by atoms with Crippen LogP contribution in [0.2, 0.25) is 0 Å². The van der Waals surface area contributed by atoms with Gasteiger partial charge in [0.05, 0.1) is 13.2 Å². The van der Waals surface area contributed by atoms with E-state index in [4.69, 9.17) is 10.5 Å². The molecule has 6 heteroatoms. The maximum absolute atomic E-state index is 12.4.